The maximum absolute atomic E-state index is 11.9. The zero-order valence-electron chi connectivity index (χ0n) is 12.0. The fourth-order valence-corrected chi connectivity index (χ4v) is 1.73. The molecule has 106 valence electrons. The van der Waals surface area contributed by atoms with E-state index in [1.54, 1.807) is 12.3 Å². The second-order valence-electron chi connectivity index (χ2n) is 5.52. The Balaban J connectivity index is 2.65. The van der Waals surface area contributed by atoms with E-state index in [2.05, 4.69) is 5.10 Å². The normalized spacial score (nSPS) is 11.4. The van der Waals surface area contributed by atoms with Crippen LogP contribution in [0.2, 0.25) is 0 Å². The molecule has 0 fully saturated rings. The number of thiocarbonyl (C=S) groups is 1. The van der Waals surface area contributed by atoms with E-state index in [0.717, 1.165) is 18.5 Å². The van der Waals surface area contributed by atoms with Crippen LogP contribution < -0.4 is 16.2 Å². The first-order valence-electron chi connectivity index (χ1n) is 6.28. The summed E-state index contributed by atoms with van der Waals surface area (Å²) in [6.45, 7) is 4.61. The van der Waals surface area contributed by atoms with Crippen molar-refractivity contribution in [3.05, 3.63) is 22.6 Å². The van der Waals surface area contributed by atoms with Gasteiger partial charge in [-0.15, -0.1) is 0 Å². The second kappa shape index (κ2) is 6.14. The summed E-state index contributed by atoms with van der Waals surface area (Å²) in [4.78, 5) is 14.2. The molecule has 0 aromatic carbocycles. The van der Waals surface area contributed by atoms with Crippen LogP contribution in [0.3, 0.4) is 0 Å². The highest BCUT2D eigenvalue weighted by molar-refractivity contribution is 7.80. The lowest BCUT2D eigenvalue weighted by Crippen LogP contribution is -2.30. The predicted octanol–water partition coefficient (Wildman–Crippen LogP) is 1.40. The number of hydrogen-bond donors (Lipinski definition) is 1. The van der Waals surface area contributed by atoms with Gasteiger partial charge >= 0.3 is 0 Å². The Bertz CT molecular complexity index is 508. The molecule has 6 heteroatoms. The molecule has 0 aliphatic heterocycles. The van der Waals surface area contributed by atoms with E-state index >= 15 is 0 Å². The molecule has 19 heavy (non-hydrogen) atoms. The third-order valence-corrected chi connectivity index (χ3v) is 3.76. The van der Waals surface area contributed by atoms with E-state index in [9.17, 15) is 4.79 Å². The van der Waals surface area contributed by atoms with Crippen LogP contribution in [0.4, 0.5) is 5.69 Å². The zero-order valence-corrected chi connectivity index (χ0v) is 12.8. The van der Waals surface area contributed by atoms with E-state index in [1.807, 2.05) is 32.8 Å². The van der Waals surface area contributed by atoms with Crippen molar-refractivity contribution in [1.82, 2.24) is 9.78 Å². The van der Waals surface area contributed by atoms with Crippen LogP contribution in [-0.2, 0) is 6.54 Å². The molecule has 0 spiro atoms. The van der Waals surface area contributed by atoms with Gasteiger partial charge in [0, 0.05) is 32.1 Å². The van der Waals surface area contributed by atoms with Crippen molar-refractivity contribution in [2.75, 3.05) is 19.0 Å². The third-order valence-electron chi connectivity index (χ3n) is 3.21. The van der Waals surface area contributed by atoms with Gasteiger partial charge in [0.1, 0.15) is 0 Å². The fourth-order valence-electron chi connectivity index (χ4n) is 1.63. The summed E-state index contributed by atoms with van der Waals surface area (Å²) in [6, 6.07) is 1.59. The summed E-state index contributed by atoms with van der Waals surface area (Å²) in [5, 5.41) is 4.16. The molecule has 1 heterocycles. The Labute approximate surface area is 119 Å². The Morgan fingerprint density at radius 1 is 1.53 bits per heavy atom. The Hall–Kier alpha value is -1.43. The summed E-state index contributed by atoms with van der Waals surface area (Å²) >= 11 is 5.02. The molecule has 2 N–H and O–H groups in total. The van der Waals surface area contributed by atoms with Gasteiger partial charge in [-0.25, -0.2) is 4.68 Å². The van der Waals surface area contributed by atoms with Gasteiger partial charge < -0.3 is 10.6 Å². The molecule has 0 unspecified atom stereocenters. The van der Waals surface area contributed by atoms with Crippen LogP contribution in [0.25, 0.3) is 0 Å². The SMILES string of the molecule is CN(C)c1cnn(CCCC(C)(C)C(N)=S)c(=O)c1. The summed E-state index contributed by atoms with van der Waals surface area (Å²) in [7, 11) is 3.76. The Morgan fingerprint density at radius 2 is 2.16 bits per heavy atom. The van der Waals surface area contributed by atoms with Crippen LogP contribution in [-0.4, -0.2) is 28.9 Å². The largest absolute Gasteiger partial charge is 0.393 e. The van der Waals surface area contributed by atoms with Crippen molar-refractivity contribution in [3.63, 3.8) is 0 Å². The van der Waals surface area contributed by atoms with Gasteiger partial charge in [0.15, 0.2) is 0 Å². The van der Waals surface area contributed by atoms with Gasteiger partial charge in [0.2, 0.25) is 0 Å². The first-order valence-corrected chi connectivity index (χ1v) is 6.69. The molecule has 0 saturated heterocycles. The quantitative estimate of drug-likeness (QED) is 0.799. The minimum atomic E-state index is -0.178. The molecule has 0 saturated carbocycles. The summed E-state index contributed by atoms with van der Waals surface area (Å²) in [6.07, 6.45) is 3.35. The van der Waals surface area contributed by atoms with Crippen LogP contribution in [0, 0.1) is 5.41 Å². The number of anilines is 1. The monoisotopic (exact) mass is 282 g/mol. The molecule has 1 rings (SSSR count). The van der Waals surface area contributed by atoms with E-state index in [-0.39, 0.29) is 11.0 Å². The number of nitrogens with zero attached hydrogens (tertiary/aromatic N) is 3. The number of rotatable bonds is 6. The molecule has 0 atom stereocenters. The predicted molar refractivity (Wildman–Crippen MR) is 82.6 cm³/mol. The van der Waals surface area contributed by atoms with Crippen molar-refractivity contribution in [2.45, 2.75) is 33.2 Å². The number of aromatic nitrogens is 2. The van der Waals surface area contributed by atoms with Gasteiger partial charge in [0.25, 0.3) is 5.56 Å². The van der Waals surface area contributed by atoms with Crippen molar-refractivity contribution in [2.24, 2.45) is 11.1 Å². The molecule has 0 amide bonds. The first-order chi connectivity index (χ1) is 8.74. The van der Waals surface area contributed by atoms with Gasteiger partial charge in [-0.3, -0.25) is 4.79 Å². The number of hydrogen-bond acceptors (Lipinski definition) is 4. The summed E-state index contributed by atoms with van der Waals surface area (Å²) in [5.41, 5.74) is 6.22. The van der Waals surface area contributed by atoms with Crippen molar-refractivity contribution in [1.29, 1.82) is 0 Å². The highest BCUT2D eigenvalue weighted by atomic mass is 32.1. The van der Waals surface area contributed by atoms with Gasteiger partial charge in [-0.1, -0.05) is 26.1 Å². The van der Waals surface area contributed by atoms with Crippen LogP contribution >= 0.6 is 12.2 Å². The molecule has 0 aliphatic rings. The third kappa shape index (κ3) is 4.31. The zero-order chi connectivity index (χ0) is 14.6. The van der Waals surface area contributed by atoms with E-state index in [4.69, 9.17) is 18.0 Å². The smallest absolute Gasteiger partial charge is 0.268 e. The lowest BCUT2D eigenvalue weighted by Gasteiger charge is -2.22. The van der Waals surface area contributed by atoms with Crippen molar-refractivity contribution < 1.29 is 0 Å². The maximum Gasteiger partial charge on any atom is 0.268 e. The molecule has 0 radical (unpaired) electrons. The molecule has 1 aromatic rings. The molecule has 0 aliphatic carbocycles. The summed E-state index contributed by atoms with van der Waals surface area (Å²) < 4.78 is 1.47. The molecule has 0 bridgehead atoms. The second-order valence-corrected chi connectivity index (χ2v) is 5.96. The fraction of sp³-hybridized carbons (Fsp3) is 0.615. The maximum atomic E-state index is 11.9. The van der Waals surface area contributed by atoms with Gasteiger partial charge in [-0.2, -0.15) is 5.10 Å². The molecular formula is C13H22N4OS. The highest BCUT2D eigenvalue weighted by Gasteiger charge is 2.20. The molecule has 5 nitrogen and oxygen atoms in total. The van der Waals surface area contributed by atoms with Crippen LogP contribution in [0.5, 0.6) is 0 Å². The minimum Gasteiger partial charge on any atom is -0.393 e. The van der Waals surface area contributed by atoms with Crippen molar-refractivity contribution >= 4 is 22.9 Å². The Kier molecular flexibility index (Phi) is 5.05. The minimum absolute atomic E-state index is 0.0840. The van der Waals surface area contributed by atoms with Crippen LogP contribution in [0.1, 0.15) is 26.7 Å². The van der Waals surface area contributed by atoms with Crippen molar-refractivity contribution in [3.8, 4) is 0 Å². The van der Waals surface area contributed by atoms with E-state index < -0.39 is 0 Å². The average molecular weight is 282 g/mol. The average Bonchev–Trinajstić information content (AvgIpc) is 2.30. The molecular weight excluding hydrogens is 260 g/mol. The summed E-state index contributed by atoms with van der Waals surface area (Å²) in [5.74, 6) is 0. The van der Waals surface area contributed by atoms with Gasteiger partial charge in [0.05, 0.1) is 16.9 Å². The van der Waals surface area contributed by atoms with E-state index in [0.29, 0.717) is 11.5 Å². The lowest BCUT2D eigenvalue weighted by atomic mass is 9.88. The van der Waals surface area contributed by atoms with Crippen LogP contribution in [0.15, 0.2) is 17.1 Å². The number of aryl methyl sites for hydroxylation is 1. The highest BCUT2D eigenvalue weighted by Crippen LogP contribution is 2.22. The molecule has 1 aromatic heterocycles. The number of nitrogens with two attached hydrogens (primary N) is 1. The Morgan fingerprint density at radius 3 is 2.63 bits per heavy atom. The lowest BCUT2D eigenvalue weighted by molar-refractivity contribution is 0.420. The van der Waals surface area contributed by atoms with Gasteiger partial charge in [-0.05, 0) is 12.8 Å². The first kappa shape index (κ1) is 15.6. The van der Waals surface area contributed by atoms with E-state index in [1.165, 1.54) is 4.68 Å². The topological polar surface area (TPSA) is 64.2 Å². The standard InChI is InChI=1S/C13H22N4OS/c1-13(2,12(14)19)6-5-7-17-11(18)8-10(9-15-17)16(3)4/h8-9H,5-7H2,1-4H3,(H2,14,19).